The van der Waals surface area contributed by atoms with Crippen molar-refractivity contribution in [3.05, 3.63) is 35.5 Å². The van der Waals surface area contributed by atoms with E-state index in [1.54, 1.807) is 10.8 Å². The lowest BCUT2D eigenvalue weighted by atomic mass is 9.86. The van der Waals surface area contributed by atoms with Crippen LogP contribution in [0.3, 0.4) is 0 Å². The molecule has 0 saturated carbocycles. The van der Waals surface area contributed by atoms with Gasteiger partial charge in [0.15, 0.2) is 6.29 Å². The second kappa shape index (κ2) is 4.53. The number of carbonyl (C=O) groups excluding carboxylic acids is 1. The average Bonchev–Trinajstić information content (AvgIpc) is 2.65. The molecule has 1 N–H and O–H groups in total. The van der Waals surface area contributed by atoms with Crippen molar-refractivity contribution in [2.75, 3.05) is 0 Å². The van der Waals surface area contributed by atoms with Gasteiger partial charge in [-0.1, -0.05) is 26.8 Å². The highest BCUT2D eigenvalue weighted by atomic mass is 16.4. The van der Waals surface area contributed by atoms with Crippen LogP contribution in [-0.2, 0) is 16.8 Å². The first kappa shape index (κ1) is 13.3. The van der Waals surface area contributed by atoms with Crippen molar-refractivity contribution in [1.29, 1.82) is 0 Å². The fourth-order valence-electron chi connectivity index (χ4n) is 2.16. The van der Waals surface area contributed by atoms with E-state index in [1.807, 2.05) is 18.2 Å². The van der Waals surface area contributed by atoms with Gasteiger partial charge >= 0.3 is 5.97 Å². The number of aldehydes is 1. The van der Waals surface area contributed by atoms with Crippen LogP contribution < -0.4 is 0 Å². The molecule has 0 aliphatic rings. The molecule has 4 heteroatoms. The molecule has 0 saturated heterocycles. The largest absolute Gasteiger partial charge is 0.480 e. The third kappa shape index (κ3) is 2.52. The fourth-order valence-corrected chi connectivity index (χ4v) is 2.16. The summed E-state index contributed by atoms with van der Waals surface area (Å²) >= 11 is 0. The quantitative estimate of drug-likeness (QED) is 0.862. The highest BCUT2D eigenvalue weighted by Crippen LogP contribution is 2.28. The number of aromatic nitrogens is 1. The van der Waals surface area contributed by atoms with Crippen LogP contribution in [0, 0.1) is 0 Å². The lowest BCUT2D eigenvalue weighted by Gasteiger charge is -2.19. The van der Waals surface area contributed by atoms with Gasteiger partial charge in [0.1, 0.15) is 6.54 Å². The first-order valence-electron chi connectivity index (χ1n) is 6.13. The smallest absolute Gasteiger partial charge is 0.323 e. The minimum absolute atomic E-state index is 0.0107. The number of aliphatic carboxylic acids is 1. The van der Waals surface area contributed by atoms with Gasteiger partial charge in [0, 0.05) is 22.7 Å². The van der Waals surface area contributed by atoms with Crippen molar-refractivity contribution in [2.24, 2.45) is 0 Å². The first-order valence-corrected chi connectivity index (χ1v) is 6.13. The van der Waals surface area contributed by atoms with Crippen LogP contribution in [0.5, 0.6) is 0 Å². The molecule has 0 atom stereocenters. The molecule has 0 fully saturated rings. The van der Waals surface area contributed by atoms with Crippen molar-refractivity contribution in [2.45, 2.75) is 32.7 Å². The molecule has 19 heavy (non-hydrogen) atoms. The molecule has 0 spiro atoms. The summed E-state index contributed by atoms with van der Waals surface area (Å²) in [4.78, 5) is 21.9. The Labute approximate surface area is 111 Å². The number of carboxylic acid groups (broad SMARTS) is 1. The molecule has 100 valence electrons. The van der Waals surface area contributed by atoms with Crippen LogP contribution in [-0.4, -0.2) is 21.9 Å². The van der Waals surface area contributed by atoms with E-state index >= 15 is 0 Å². The second-order valence-electron chi connectivity index (χ2n) is 5.71. The highest BCUT2D eigenvalue weighted by Gasteiger charge is 2.17. The molecular formula is C15H17NO3. The van der Waals surface area contributed by atoms with E-state index in [9.17, 15) is 9.59 Å². The molecule has 0 aliphatic heterocycles. The Balaban J connectivity index is 2.65. The number of carboxylic acids is 1. The van der Waals surface area contributed by atoms with E-state index in [2.05, 4.69) is 20.8 Å². The summed E-state index contributed by atoms with van der Waals surface area (Å²) < 4.78 is 1.59. The topological polar surface area (TPSA) is 59.3 Å². The minimum Gasteiger partial charge on any atom is -0.480 e. The predicted molar refractivity (Wildman–Crippen MR) is 73.7 cm³/mol. The summed E-state index contributed by atoms with van der Waals surface area (Å²) in [6.45, 7) is 6.16. The SMILES string of the molecule is CC(C)(C)c1ccc2c(c1)c(C=O)cn2CC(=O)O. The summed E-state index contributed by atoms with van der Waals surface area (Å²) in [7, 11) is 0. The minimum atomic E-state index is -0.922. The van der Waals surface area contributed by atoms with E-state index in [0.29, 0.717) is 5.56 Å². The zero-order valence-electron chi connectivity index (χ0n) is 11.3. The molecule has 2 aromatic rings. The molecule has 2 rings (SSSR count). The molecule has 0 radical (unpaired) electrons. The van der Waals surface area contributed by atoms with E-state index in [4.69, 9.17) is 5.11 Å². The molecule has 1 aromatic heterocycles. The molecular weight excluding hydrogens is 242 g/mol. The van der Waals surface area contributed by atoms with E-state index in [1.165, 1.54) is 0 Å². The van der Waals surface area contributed by atoms with Crippen molar-refractivity contribution in [3.63, 3.8) is 0 Å². The van der Waals surface area contributed by atoms with Gasteiger partial charge in [-0.2, -0.15) is 0 Å². The van der Waals surface area contributed by atoms with Crippen LogP contribution in [0.4, 0.5) is 0 Å². The molecule has 0 aliphatic carbocycles. The summed E-state index contributed by atoms with van der Waals surface area (Å²) in [5, 5.41) is 9.69. The third-order valence-electron chi connectivity index (χ3n) is 3.21. The maximum absolute atomic E-state index is 11.1. The highest BCUT2D eigenvalue weighted by molar-refractivity contribution is 5.98. The van der Waals surface area contributed by atoms with E-state index in [-0.39, 0.29) is 12.0 Å². The van der Waals surface area contributed by atoms with Gasteiger partial charge in [0.25, 0.3) is 0 Å². The van der Waals surface area contributed by atoms with Gasteiger partial charge in [-0.25, -0.2) is 0 Å². The Hall–Kier alpha value is -2.10. The summed E-state index contributed by atoms with van der Waals surface area (Å²) in [5.41, 5.74) is 2.42. The Kier molecular flexibility index (Phi) is 3.18. The monoisotopic (exact) mass is 259 g/mol. The van der Waals surface area contributed by atoms with E-state index < -0.39 is 5.97 Å². The fraction of sp³-hybridized carbons (Fsp3) is 0.333. The van der Waals surface area contributed by atoms with Crippen LogP contribution >= 0.6 is 0 Å². The van der Waals surface area contributed by atoms with Gasteiger partial charge in [-0.3, -0.25) is 9.59 Å². The van der Waals surface area contributed by atoms with Crippen LogP contribution in [0.1, 0.15) is 36.7 Å². The standard InChI is InChI=1S/C15H17NO3/c1-15(2,3)11-4-5-13-12(6-11)10(9-17)7-16(13)8-14(18)19/h4-7,9H,8H2,1-3H3,(H,18,19). The van der Waals surface area contributed by atoms with E-state index in [0.717, 1.165) is 22.8 Å². The Bertz CT molecular complexity index is 647. The lowest BCUT2D eigenvalue weighted by Crippen LogP contribution is -2.11. The lowest BCUT2D eigenvalue weighted by molar-refractivity contribution is -0.137. The van der Waals surface area contributed by atoms with Gasteiger partial charge in [0.05, 0.1) is 0 Å². The predicted octanol–water partition coefficient (Wildman–Crippen LogP) is 2.84. The third-order valence-corrected chi connectivity index (χ3v) is 3.21. The molecule has 0 unspecified atom stereocenters. The molecule has 4 nitrogen and oxygen atoms in total. The van der Waals surface area contributed by atoms with Crippen LogP contribution in [0.2, 0.25) is 0 Å². The molecule has 1 heterocycles. The van der Waals surface area contributed by atoms with Crippen molar-refractivity contribution in [1.82, 2.24) is 4.57 Å². The molecule has 0 amide bonds. The number of nitrogens with zero attached hydrogens (tertiary/aromatic N) is 1. The number of fused-ring (bicyclic) bond motifs is 1. The summed E-state index contributed by atoms with van der Waals surface area (Å²) in [6.07, 6.45) is 2.37. The maximum Gasteiger partial charge on any atom is 0.323 e. The number of benzene rings is 1. The van der Waals surface area contributed by atoms with Crippen molar-refractivity contribution < 1.29 is 14.7 Å². The van der Waals surface area contributed by atoms with Crippen molar-refractivity contribution >= 4 is 23.2 Å². The summed E-state index contributed by atoms with van der Waals surface area (Å²) in [6, 6.07) is 5.83. The maximum atomic E-state index is 11.1. The van der Waals surface area contributed by atoms with Crippen molar-refractivity contribution in [3.8, 4) is 0 Å². The number of rotatable bonds is 3. The molecule has 1 aromatic carbocycles. The number of hydrogen-bond acceptors (Lipinski definition) is 2. The zero-order chi connectivity index (χ0) is 14.2. The van der Waals surface area contributed by atoms with Gasteiger partial charge in [0.2, 0.25) is 0 Å². The first-order chi connectivity index (χ1) is 8.82. The van der Waals surface area contributed by atoms with Gasteiger partial charge in [-0.15, -0.1) is 0 Å². The second-order valence-corrected chi connectivity index (χ2v) is 5.71. The van der Waals surface area contributed by atoms with Crippen LogP contribution in [0.25, 0.3) is 10.9 Å². The number of hydrogen-bond donors (Lipinski definition) is 1. The average molecular weight is 259 g/mol. The van der Waals surface area contributed by atoms with Gasteiger partial charge in [-0.05, 0) is 23.1 Å². The zero-order valence-corrected chi connectivity index (χ0v) is 11.3. The Morgan fingerprint density at radius 2 is 2.05 bits per heavy atom. The molecule has 0 bridgehead atoms. The van der Waals surface area contributed by atoms with Crippen LogP contribution in [0.15, 0.2) is 24.4 Å². The normalized spacial score (nSPS) is 11.7. The Morgan fingerprint density at radius 3 is 2.58 bits per heavy atom. The Morgan fingerprint density at radius 1 is 1.37 bits per heavy atom. The number of carbonyl (C=O) groups is 2. The van der Waals surface area contributed by atoms with Gasteiger partial charge < -0.3 is 9.67 Å². The summed E-state index contributed by atoms with van der Waals surface area (Å²) in [5.74, 6) is -0.922.